The van der Waals surface area contributed by atoms with Crippen LogP contribution >= 0.6 is 11.3 Å². The lowest BCUT2D eigenvalue weighted by Crippen LogP contribution is -3.11. The van der Waals surface area contributed by atoms with Crippen LogP contribution in [-0.4, -0.2) is 38.2 Å². The summed E-state index contributed by atoms with van der Waals surface area (Å²) in [6.45, 7) is 8.57. The molecule has 3 N–H and O–H groups in total. The summed E-state index contributed by atoms with van der Waals surface area (Å²) in [6, 6.07) is 8.59. The first-order chi connectivity index (χ1) is 13.5. The smallest absolute Gasteiger partial charge is 0.326 e. The standard InChI is InChI=1S/C20H27N3O4S/c1-4-23(13-16-8-7-11-28-16)14-19(24)22-20(25)21-15-9-10-17(26-5-2)18(12-15)27-6-3/h7-12H,4-6,13-14H2,1-3H3,(H2,21,22,24,25)/p+1. The van der Waals surface area contributed by atoms with Crippen molar-refractivity contribution >= 4 is 29.0 Å². The van der Waals surface area contributed by atoms with E-state index < -0.39 is 6.03 Å². The van der Waals surface area contributed by atoms with Crippen molar-refractivity contribution in [1.82, 2.24) is 5.32 Å². The van der Waals surface area contributed by atoms with Crippen LogP contribution in [-0.2, 0) is 11.3 Å². The van der Waals surface area contributed by atoms with Crippen molar-refractivity contribution in [3.8, 4) is 11.5 Å². The molecule has 1 aromatic heterocycles. The Morgan fingerprint density at radius 1 is 1.07 bits per heavy atom. The Morgan fingerprint density at radius 3 is 2.46 bits per heavy atom. The van der Waals surface area contributed by atoms with Crippen LogP contribution in [0.3, 0.4) is 0 Å². The number of urea groups is 1. The molecule has 0 aliphatic heterocycles. The number of imide groups is 1. The van der Waals surface area contributed by atoms with E-state index in [4.69, 9.17) is 9.47 Å². The van der Waals surface area contributed by atoms with Crippen LogP contribution in [0.5, 0.6) is 11.5 Å². The summed E-state index contributed by atoms with van der Waals surface area (Å²) in [4.78, 5) is 26.7. The predicted molar refractivity (Wildman–Crippen MR) is 110 cm³/mol. The minimum atomic E-state index is -0.566. The van der Waals surface area contributed by atoms with Crippen molar-refractivity contribution < 1.29 is 24.0 Å². The van der Waals surface area contributed by atoms with Crippen LogP contribution in [0.15, 0.2) is 35.7 Å². The fourth-order valence-electron chi connectivity index (χ4n) is 2.66. The second-order valence-electron chi connectivity index (χ2n) is 6.07. The molecule has 0 saturated carbocycles. The number of ether oxygens (including phenoxy) is 2. The van der Waals surface area contributed by atoms with Gasteiger partial charge in [0, 0.05) is 11.8 Å². The van der Waals surface area contributed by atoms with E-state index in [0.717, 1.165) is 18.0 Å². The topological polar surface area (TPSA) is 81.1 Å². The highest BCUT2D eigenvalue weighted by Gasteiger charge is 2.16. The van der Waals surface area contributed by atoms with Crippen LogP contribution < -0.4 is 25.0 Å². The van der Waals surface area contributed by atoms with Crippen molar-refractivity contribution in [3.05, 3.63) is 40.6 Å². The van der Waals surface area contributed by atoms with Crippen LogP contribution in [0.4, 0.5) is 10.5 Å². The molecular weight excluding hydrogens is 378 g/mol. The Morgan fingerprint density at radius 2 is 1.82 bits per heavy atom. The maximum Gasteiger partial charge on any atom is 0.326 e. The second kappa shape index (κ2) is 11.3. The molecule has 1 aromatic carbocycles. The number of benzene rings is 1. The number of anilines is 1. The number of carbonyl (C=O) groups excluding carboxylic acids is 2. The Labute approximate surface area is 169 Å². The zero-order valence-electron chi connectivity index (χ0n) is 16.5. The lowest BCUT2D eigenvalue weighted by atomic mass is 10.2. The van der Waals surface area contributed by atoms with Gasteiger partial charge in [0.2, 0.25) is 0 Å². The predicted octanol–water partition coefficient (Wildman–Crippen LogP) is 2.30. The van der Waals surface area contributed by atoms with E-state index in [9.17, 15) is 9.59 Å². The number of rotatable bonds is 10. The summed E-state index contributed by atoms with van der Waals surface area (Å²) in [5.41, 5.74) is 0.524. The Hall–Kier alpha value is -2.58. The van der Waals surface area contributed by atoms with E-state index in [-0.39, 0.29) is 12.5 Å². The minimum Gasteiger partial charge on any atom is -0.490 e. The third kappa shape index (κ3) is 6.86. The van der Waals surface area contributed by atoms with Gasteiger partial charge in [-0.05, 0) is 44.4 Å². The van der Waals surface area contributed by atoms with Crippen LogP contribution in [0.1, 0.15) is 25.6 Å². The number of amides is 3. The number of likely N-dealkylation sites (N-methyl/N-ethyl adjacent to an activating group) is 1. The lowest BCUT2D eigenvalue weighted by molar-refractivity contribution is -0.903. The largest absolute Gasteiger partial charge is 0.490 e. The molecule has 2 aromatic rings. The molecule has 1 unspecified atom stereocenters. The van der Waals surface area contributed by atoms with Gasteiger partial charge in [0.05, 0.1) is 24.6 Å². The molecule has 3 amide bonds. The number of hydrogen-bond donors (Lipinski definition) is 3. The fraction of sp³-hybridized carbons (Fsp3) is 0.400. The highest BCUT2D eigenvalue weighted by molar-refractivity contribution is 7.09. The third-order valence-electron chi connectivity index (χ3n) is 3.97. The molecule has 1 heterocycles. The van der Waals surface area contributed by atoms with E-state index in [1.54, 1.807) is 29.5 Å². The van der Waals surface area contributed by atoms with Gasteiger partial charge in [-0.3, -0.25) is 10.1 Å². The van der Waals surface area contributed by atoms with Gasteiger partial charge in [0.1, 0.15) is 6.54 Å². The average Bonchev–Trinajstić information content (AvgIpc) is 3.16. The van der Waals surface area contributed by atoms with Gasteiger partial charge < -0.3 is 19.7 Å². The molecule has 0 aliphatic carbocycles. The Bertz CT molecular complexity index is 765. The molecule has 0 bridgehead atoms. The third-order valence-corrected chi connectivity index (χ3v) is 4.85. The summed E-state index contributed by atoms with van der Waals surface area (Å²) in [7, 11) is 0. The van der Waals surface area contributed by atoms with E-state index in [2.05, 4.69) is 10.6 Å². The van der Waals surface area contributed by atoms with Gasteiger partial charge in [0.25, 0.3) is 5.91 Å². The molecule has 0 spiro atoms. The highest BCUT2D eigenvalue weighted by atomic mass is 32.1. The normalized spacial score (nSPS) is 11.5. The number of carbonyl (C=O) groups is 2. The van der Waals surface area contributed by atoms with Gasteiger partial charge in [0.15, 0.2) is 18.0 Å². The van der Waals surface area contributed by atoms with Gasteiger partial charge in [-0.2, -0.15) is 0 Å². The van der Waals surface area contributed by atoms with Crippen molar-refractivity contribution in [2.75, 3.05) is 31.6 Å². The number of nitrogens with one attached hydrogen (secondary N) is 3. The molecule has 0 radical (unpaired) electrons. The molecular formula is C20H28N3O4S+. The summed E-state index contributed by atoms with van der Waals surface area (Å²) in [6.07, 6.45) is 0. The van der Waals surface area contributed by atoms with Gasteiger partial charge in [-0.15, -0.1) is 11.3 Å². The number of hydrogen-bond acceptors (Lipinski definition) is 5. The average molecular weight is 407 g/mol. The molecule has 2 rings (SSSR count). The molecule has 0 fully saturated rings. The zero-order valence-corrected chi connectivity index (χ0v) is 17.4. The molecule has 152 valence electrons. The van der Waals surface area contributed by atoms with Gasteiger partial charge in [-0.1, -0.05) is 6.07 Å². The first-order valence-electron chi connectivity index (χ1n) is 9.42. The maximum absolute atomic E-state index is 12.2. The highest BCUT2D eigenvalue weighted by Crippen LogP contribution is 2.30. The van der Waals surface area contributed by atoms with Crippen molar-refractivity contribution in [2.45, 2.75) is 27.3 Å². The van der Waals surface area contributed by atoms with E-state index in [1.807, 2.05) is 38.3 Å². The Kier molecular flexibility index (Phi) is 8.77. The first kappa shape index (κ1) is 21.7. The summed E-state index contributed by atoms with van der Waals surface area (Å²) >= 11 is 1.67. The summed E-state index contributed by atoms with van der Waals surface area (Å²) in [5.74, 6) is 0.843. The van der Waals surface area contributed by atoms with Gasteiger partial charge in [-0.25, -0.2) is 4.79 Å². The molecule has 0 aliphatic rings. The van der Waals surface area contributed by atoms with Crippen molar-refractivity contribution in [3.63, 3.8) is 0 Å². The van der Waals surface area contributed by atoms with Gasteiger partial charge >= 0.3 is 6.03 Å². The van der Waals surface area contributed by atoms with E-state index in [0.29, 0.717) is 30.4 Å². The van der Waals surface area contributed by atoms with E-state index in [1.165, 1.54) is 4.88 Å². The first-order valence-corrected chi connectivity index (χ1v) is 10.3. The Balaban J connectivity index is 1.89. The molecule has 7 nitrogen and oxygen atoms in total. The van der Waals surface area contributed by atoms with Crippen molar-refractivity contribution in [1.29, 1.82) is 0 Å². The molecule has 8 heteroatoms. The zero-order chi connectivity index (χ0) is 20.4. The number of quaternary nitrogens is 1. The van der Waals surface area contributed by atoms with E-state index >= 15 is 0 Å². The number of thiophene rings is 1. The van der Waals surface area contributed by atoms with Crippen LogP contribution in [0, 0.1) is 0 Å². The summed E-state index contributed by atoms with van der Waals surface area (Å²) in [5, 5.41) is 7.07. The SMILES string of the molecule is CCOc1ccc(NC(=O)NC(=O)C[NH+](CC)Cc2cccs2)cc1OCC. The van der Waals surface area contributed by atoms with Crippen LogP contribution in [0.2, 0.25) is 0 Å². The quantitative estimate of drug-likeness (QED) is 0.566. The van der Waals surface area contributed by atoms with Crippen LogP contribution in [0.25, 0.3) is 0 Å². The van der Waals surface area contributed by atoms with Crippen molar-refractivity contribution in [2.24, 2.45) is 0 Å². The molecule has 1 atom stereocenters. The monoisotopic (exact) mass is 406 g/mol. The lowest BCUT2D eigenvalue weighted by Gasteiger charge is -2.16. The maximum atomic E-state index is 12.2. The summed E-state index contributed by atoms with van der Waals surface area (Å²) < 4.78 is 11.0. The minimum absolute atomic E-state index is 0.231. The second-order valence-corrected chi connectivity index (χ2v) is 7.10. The molecule has 0 saturated heterocycles. The molecule has 28 heavy (non-hydrogen) atoms. The fourth-order valence-corrected chi connectivity index (χ4v) is 3.44.